The minimum atomic E-state index is -3.47. The highest BCUT2D eigenvalue weighted by Crippen LogP contribution is 2.28. The number of furan rings is 1. The van der Waals surface area contributed by atoms with Crippen molar-refractivity contribution in [2.75, 3.05) is 13.1 Å². The predicted octanol–water partition coefficient (Wildman–Crippen LogP) is 3.97. The summed E-state index contributed by atoms with van der Waals surface area (Å²) in [5.74, 6) is 0.582. The SMILES string of the molecule is O=C(C1CCN(S(=O)(=O)c2cccs2)CC1)N(Cc1ccccc1)Cc1ccco1. The Bertz CT molecular complexity index is 1040. The average Bonchev–Trinajstić information content (AvgIpc) is 3.48. The molecule has 0 aliphatic carbocycles. The first kappa shape index (κ1) is 20.8. The maximum Gasteiger partial charge on any atom is 0.252 e. The second kappa shape index (κ2) is 9.16. The highest BCUT2D eigenvalue weighted by molar-refractivity contribution is 7.91. The Hall–Kier alpha value is -2.42. The normalized spacial score (nSPS) is 15.9. The van der Waals surface area contributed by atoms with Crippen LogP contribution in [0.4, 0.5) is 0 Å². The molecule has 0 N–H and O–H groups in total. The highest BCUT2D eigenvalue weighted by Gasteiger charge is 2.34. The molecule has 1 aromatic carbocycles. The monoisotopic (exact) mass is 444 g/mol. The van der Waals surface area contributed by atoms with Gasteiger partial charge in [0, 0.05) is 25.6 Å². The maximum atomic E-state index is 13.3. The molecule has 0 spiro atoms. The van der Waals surface area contributed by atoms with Crippen LogP contribution in [0.25, 0.3) is 0 Å². The van der Waals surface area contributed by atoms with Gasteiger partial charge < -0.3 is 9.32 Å². The Morgan fingerprint density at radius 2 is 1.80 bits per heavy atom. The van der Waals surface area contributed by atoms with Gasteiger partial charge in [-0.05, 0) is 42.0 Å². The summed E-state index contributed by atoms with van der Waals surface area (Å²) in [6.45, 7) is 1.61. The lowest BCUT2D eigenvalue weighted by Gasteiger charge is -2.33. The summed E-state index contributed by atoms with van der Waals surface area (Å²) in [6.07, 6.45) is 2.65. The Morgan fingerprint density at radius 3 is 2.43 bits per heavy atom. The van der Waals surface area contributed by atoms with E-state index in [1.807, 2.05) is 47.4 Å². The summed E-state index contributed by atoms with van der Waals surface area (Å²) >= 11 is 1.22. The van der Waals surface area contributed by atoms with E-state index in [0.29, 0.717) is 43.2 Å². The highest BCUT2D eigenvalue weighted by atomic mass is 32.2. The first-order valence-corrected chi connectivity index (χ1v) is 12.2. The van der Waals surface area contributed by atoms with Crippen molar-refractivity contribution in [2.45, 2.75) is 30.1 Å². The molecule has 0 atom stereocenters. The lowest BCUT2D eigenvalue weighted by molar-refractivity contribution is -0.138. The van der Waals surface area contributed by atoms with E-state index in [9.17, 15) is 13.2 Å². The lowest BCUT2D eigenvalue weighted by Crippen LogP contribution is -2.43. The number of carbonyl (C=O) groups is 1. The Morgan fingerprint density at radius 1 is 1.03 bits per heavy atom. The minimum Gasteiger partial charge on any atom is -0.467 e. The van der Waals surface area contributed by atoms with Crippen molar-refractivity contribution in [3.8, 4) is 0 Å². The molecular formula is C22H24N2O4S2. The van der Waals surface area contributed by atoms with Gasteiger partial charge >= 0.3 is 0 Å². The van der Waals surface area contributed by atoms with Gasteiger partial charge in [-0.2, -0.15) is 4.31 Å². The summed E-state index contributed by atoms with van der Waals surface area (Å²) in [5, 5.41) is 1.76. The van der Waals surface area contributed by atoms with Gasteiger partial charge in [0.15, 0.2) is 0 Å². The molecule has 1 aliphatic heterocycles. The molecule has 1 amide bonds. The summed E-state index contributed by atoms with van der Waals surface area (Å²) in [6, 6.07) is 16.9. The van der Waals surface area contributed by atoms with Crippen LogP contribution in [0.2, 0.25) is 0 Å². The number of nitrogens with zero attached hydrogens (tertiary/aromatic N) is 2. The van der Waals surface area contributed by atoms with Crippen molar-refractivity contribution in [2.24, 2.45) is 5.92 Å². The van der Waals surface area contributed by atoms with E-state index in [-0.39, 0.29) is 11.8 Å². The Kier molecular flexibility index (Phi) is 6.36. The third-order valence-corrected chi connectivity index (χ3v) is 8.62. The molecule has 0 saturated carbocycles. The summed E-state index contributed by atoms with van der Waals surface area (Å²) in [7, 11) is -3.47. The first-order valence-electron chi connectivity index (χ1n) is 9.93. The van der Waals surface area contributed by atoms with Crippen LogP contribution < -0.4 is 0 Å². The van der Waals surface area contributed by atoms with Crippen molar-refractivity contribution in [1.29, 1.82) is 0 Å². The molecule has 0 radical (unpaired) electrons. The molecule has 1 aliphatic rings. The molecule has 0 unspecified atom stereocenters. The number of amides is 1. The number of sulfonamides is 1. The zero-order valence-electron chi connectivity index (χ0n) is 16.5. The van der Waals surface area contributed by atoms with Gasteiger partial charge in [-0.1, -0.05) is 36.4 Å². The van der Waals surface area contributed by atoms with Crippen LogP contribution in [0.1, 0.15) is 24.2 Å². The number of rotatable bonds is 7. The topological polar surface area (TPSA) is 70.8 Å². The number of hydrogen-bond donors (Lipinski definition) is 0. The van der Waals surface area contributed by atoms with E-state index < -0.39 is 10.0 Å². The van der Waals surface area contributed by atoms with Crippen molar-refractivity contribution >= 4 is 27.3 Å². The molecule has 3 heterocycles. The number of benzene rings is 1. The van der Waals surface area contributed by atoms with Crippen LogP contribution in [0, 0.1) is 5.92 Å². The van der Waals surface area contributed by atoms with E-state index in [2.05, 4.69) is 0 Å². The maximum absolute atomic E-state index is 13.3. The van der Waals surface area contributed by atoms with Gasteiger partial charge in [-0.3, -0.25) is 4.79 Å². The lowest BCUT2D eigenvalue weighted by atomic mass is 9.96. The van der Waals surface area contributed by atoms with E-state index in [4.69, 9.17) is 4.42 Å². The van der Waals surface area contributed by atoms with Crippen LogP contribution in [0.3, 0.4) is 0 Å². The molecule has 8 heteroatoms. The van der Waals surface area contributed by atoms with Crippen LogP contribution in [-0.2, 0) is 27.9 Å². The van der Waals surface area contributed by atoms with Crippen LogP contribution in [0.15, 0.2) is 74.9 Å². The second-order valence-electron chi connectivity index (χ2n) is 7.37. The summed E-state index contributed by atoms with van der Waals surface area (Å²) in [5.41, 5.74) is 1.05. The Labute approximate surface area is 180 Å². The van der Waals surface area contributed by atoms with Gasteiger partial charge in [0.2, 0.25) is 5.91 Å². The van der Waals surface area contributed by atoms with E-state index >= 15 is 0 Å². The van der Waals surface area contributed by atoms with Gasteiger partial charge in [0.25, 0.3) is 10.0 Å². The predicted molar refractivity (Wildman–Crippen MR) is 115 cm³/mol. The van der Waals surface area contributed by atoms with E-state index in [1.165, 1.54) is 15.6 Å². The van der Waals surface area contributed by atoms with Crippen molar-refractivity contribution in [3.05, 3.63) is 77.6 Å². The van der Waals surface area contributed by atoms with E-state index in [0.717, 1.165) is 11.3 Å². The Balaban J connectivity index is 1.44. The molecule has 158 valence electrons. The minimum absolute atomic E-state index is 0.0448. The molecule has 6 nitrogen and oxygen atoms in total. The van der Waals surface area contributed by atoms with Crippen molar-refractivity contribution in [3.63, 3.8) is 0 Å². The number of carbonyl (C=O) groups excluding carboxylic acids is 1. The zero-order valence-corrected chi connectivity index (χ0v) is 18.1. The van der Waals surface area contributed by atoms with Gasteiger partial charge in [0.05, 0.1) is 12.8 Å². The fraction of sp³-hybridized carbons (Fsp3) is 0.318. The summed E-state index contributed by atoms with van der Waals surface area (Å²) < 4.78 is 32.8. The number of hydrogen-bond acceptors (Lipinski definition) is 5. The molecule has 3 aromatic rings. The van der Waals surface area contributed by atoms with Crippen LogP contribution >= 0.6 is 11.3 Å². The standard InChI is InChI=1S/C22H24N2O4S2/c25-22(19-10-12-24(13-11-19)30(26,27)21-9-5-15-29-21)23(17-20-8-4-14-28-20)16-18-6-2-1-3-7-18/h1-9,14-15,19H,10-13,16-17H2. The third-order valence-electron chi connectivity index (χ3n) is 5.35. The van der Waals surface area contributed by atoms with Crippen molar-refractivity contribution in [1.82, 2.24) is 9.21 Å². The smallest absolute Gasteiger partial charge is 0.252 e. The number of piperidine rings is 1. The molecule has 30 heavy (non-hydrogen) atoms. The largest absolute Gasteiger partial charge is 0.467 e. The van der Waals surface area contributed by atoms with Crippen LogP contribution in [0.5, 0.6) is 0 Å². The van der Waals surface area contributed by atoms with Crippen LogP contribution in [-0.4, -0.2) is 36.6 Å². The zero-order chi connectivity index (χ0) is 21.0. The third kappa shape index (κ3) is 4.66. The quantitative estimate of drug-likeness (QED) is 0.553. The fourth-order valence-corrected chi connectivity index (χ4v) is 6.36. The molecular weight excluding hydrogens is 420 g/mol. The van der Waals surface area contributed by atoms with Gasteiger partial charge in [0.1, 0.15) is 9.97 Å². The molecule has 4 rings (SSSR count). The molecule has 2 aromatic heterocycles. The summed E-state index contributed by atoms with van der Waals surface area (Å²) in [4.78, 5) is 15.1. The van der Waals surface area contributed by atoms with Crippen molar-refractivity contribution < 1.29 is 17.6 Å². The fourth-order valence-electron chi connectivity index (χ4n) is 3.75. The number of thiophene rings is 1. The molecule has 1 fully saturated rings. The second-order valence-corrected chi connectivity index (χ2v) is 10.5. The van der Waals surface area contributed by atoms with E-state index in [1.54, 1.807) is 23.8 Å². The molecule has 1 saturated heterocycles. The van der Waals surface area contributed by atoms with Gasteiger partial charge in [-0.25, -0.2) is 8.42 Å². The first-order chi connectivity index (χ1) is 14.5. The average molecular weight is 445 g/mol. The molecule has 0 bridgehead atoms. The van der Waals surface area contributed by atoms with Gasteiger partial charge in [-0.15, -0.1) is 11.3 Å².